The van der Waals surface area contributed by atoms with Gasteiger partial charge >= 0.3 is 0 Å². The first-order valence-corrected chi connectivity index (χ1v) is 12.2. The summed E-state index contributed by atoms with van der Waals surface area (Å²) in [4.78, 5) is 27.8. The average molecular weight is 447 g/mol. The largest absolute Gasteiger partial charge is 0.386 e. The molecule has 1 heterocycles. The molecule has 32 heavy (non-hydrogen) atoms. The van der Waals surface area contributed by atoms with Gasteiger partial charge in [0.05, 0.1) is 30.2 Å². The number of hydrogen-bond donors (Lipinski definition) is 2. The van der Waals surface area contributed by atoms with Gasteiger partial charge < -0.3 is 20.1 Å². The van der Waals surface area contributed by atoms with Gasteiger partial charge in [-0.2, -0.15) is 0 Å². The summed E-state index contributed by atoms with van der Waals surface area (Å²) in [6, 6.07) is 8.79. The number of hydrogen-bond acceptors (Lipinski definition) is 4. The number of carbonyl (C=O) groups excluding carboxylic acids is 2. The molecule has 6 nitrogen and oxygen atoms in total. The third-order valence-electron chi connectivity index (χ3n) is 6.95. The van der Waals surface area contributed by atoms with E-state index in [0.717, 1.165) is 44.2 Å². The van der Waals surface area contributed by atoms with Crippen LogP contribution in [0.5, 0.6) is 0 Å². The Kier molecular flexibility index (Phi) is 10.7. The van der Waals surface area contributed by atoms with Gasteiger partial charge in [-0.25, -0.2) is 0 Å². The van der Waals surface area contributed by atoms with Crippen LogP contribution < -0.4 is 5.32 Å². The Morgan fingerprint density at radius 2 is 1.91 bits per heavy atom. The molecule has 0 aromatic heterocycles. The van der Waals surface area contributed by atoms with Gasteiger partial charge in [0, 0.05) is 20.1 Å². The first-order chi connectivity index (χ1) is 15.3. The minimum Gasteiger partial charge on any atom is -0.386 e. The average Bonchev–Trinajstić information content (AvgIpc) is 3.28. The second-order valence-corrected chi connectivity index (χ2v) is 9.34. The van der Waals surface area contributed by atoms with Crippen molar-refractivity contribution in [1.82, 2.24) is 10.2 Å². The summed E-state index contributed by atoms with van der Waals surface area (Å²) in [7, 11) is 1.61. The lowest BCUT2D eigenvalue weighted by molar-refractivity contribution is -0.140. The SMILES string of the molecule is CCC(C)CCCC(=O)N1CCC[C@H]1[C@H](OC)[C@@H](C)C(=O)N[C@H](C)C(O)c1ccccc1. The highest BCUT2D eigenvalue weighted by molar-refractivity contribution is 5.80. The van der Waals surface area contributed by atoms with Crippen LogP contribution in [0.4, 0.5) is 0 Å². The number of nitrogens with zero attached hydrogens (tertiary/aromatic N) is 1. The van der Waals surface area contributed by atoms with Crippen LogP contribution in [0.25, 0.3) is 0 Å². The molecule has 1 aromatic carbocycles. The number of aliphatic hydroxyl groups is 1. The lowest BCUT2D eigenvalue weighted by atomic mass is 9.93. The van der Waals surface area contributed by atoms with Crippen molar-refractivity contribution in [3.8, 4) is 0 Å². The number of aliphatic hydroxyl groups excluding tert-OH is 1. The van der Waals surface area contributed by atoms with Gasteiger partial charge in [-0.3, -0.25) is 9.59 Å². The van der Waals surface area contributed by atoms with E-state index in [1.807, 2.05) is 42.2 Å². The quantitative estimate of drug-likeness (QED) is 0.507. The molecule has 1 aromatic rings. The first-order valence-electron chi connectivity index (χ1n) is 12.2. The maximum absolute atomic E-state index is 13.0. The van der Waals surface area contributed by atoms with E-state index in [9.17, 15) is 14.7 Å². The highest BCUT2D eigenvalue weighted by Crippen LogP contribution is 2.28. The fourth-order valence-electron chi connectivity index (χ4n) is 4.61. The number of rotatable bonds is 12. The molecular weight excluding hydrogens is 404 g/mol. The van der Waals surface area contributed by atoms with Gasteiger partial charge in [-0.05, 0) is 37.7 Å². The minimum atomic E-state index is -0.789. The van der Waals surface area contributed by atoms with Crippen LogP contribution in [0.2, 0.25) is 0 Å². The fraction of sp³-hybridized carbons (Fsp3) is 0.692. The van der Waals surface area contributed by atoms with Crippen LogP contribution in [0.1, 0.15) is 77.9 Å². The molecule has 1 aliphatic heterocycles. The smallest absolute Gasteiger partial charge is 0.225 e. The van der Waals surface area contributed by atoms with Crippen molar-refractivity contribution in [2.24, 2.45) is 11.8 Å². The molecule has 2 unspecified atom stereocenters. The van der Waals surface area contributed by atoms with Crippen molar-refractivity contribution in [2.75, 3.05) is 13.7 Å². The second-order valence-electron chi connectivity index (χ2n) is 9.34. The van der Waals surface area contributed by atoms with Crippen molar-refractivity contribution in [2.45, 2.75) is 90.5 Å². The second kappa shape index (κ2) is 12.9. The van der Waals surface area contributed by atoms with E-state index in [1.165, 1.54) is 0 Å². The fourth-order valence-corrected chi connectivity index (χ4v) is 4.61. The van der Waals surface area contributed by atoms with Gasteiger partial charge in [0.15, 0.2) is 0 Å². The predicted octanol–water partition coefficient (Wildman–Crippen LogP) is 4.08. The molecule has 180 valence electrons. The molecule has 0 spiro atoms. The Labute approximate surface area is 193 Å². The van der Waals surface area contributed by atoms with Crippen molar-refractivity contribution >= 4 is 11.8 Å². The van der Waals surface area contributed by atoms with Gasteiger partial charge in [0.2, 0.25) is 11.8 Å². The molecule has 0 saturated carbocycles. The van der Waals surface area contributed by atoms with Crippen LogP contribution in [0.15, 0.2) is 30.3 Å². The lowest BCUT2D eigenvalue weighted by Crippen LogP contribution is -2.51. The third kappa shape index (κ3) is 7.04. The molecule has 1 aliphatic rings. The van der Waals surface area contributed by atoms with E-state index in [-0.39, 0.29) is 24.0 Å². The summed E-state index contributed by atoms with van der Waals surface area (Å²) in [6.07, 6.45) is 4.26. The summed E-state index contributed by atoms with van der Waals surface area (Å²) in [5.41, 5.74) is 0.765. The zero-order chi connectivity index (χ0) is 23.7. The van der Waals surface area contributed by atoms with E-state index >= 15 is 0 Å². The number of amides is 2. The van der Waals surface area contributed by atoms with E-state index in [0.29, 0.717) is 12.3 Å². The van der Waals surface area contributed by atoms with Gasteiger partial charge in [-0.15, -0.1) is 0 Å². The molecule has 2 N–H and O–H groups in total. The zero-order valence-electron chi connectivity index (χ0n) is 20.4. The summed E-state index contributed by atoms with van der Waals surface area (Å²) >= 11 is 0. The number of ether oxygens (including phenoxy) is 1. The maximum atomic E-state index is 13.0. The third-order valence-corrected chi connectivity index (χ3v) is 6.95. The van der Waals surface area contributed by atoms with Crippen LogP contribution in [-0.4, -0.2) is 53.7 Å². The maximum Gasteiger partial charge on any atom is 0.225 e. The number of carbonyl (C=O) groups is 2. The molecule has 1 saturated heterocycles. The highest BCUT2D eigenvalue weighted by atomic mass is 16.5. The molecule has 6 heteroatoms. The topological polar surface area (TPSA) is 78.9 Å². The Morgan fingerprint density at radius 3 is 2.53 bits per heavy atom. The summed E-state index contributed by atoms with van der Waals surface area (Å²) in [6.45, 7) is 8.77. The summed E-state index contributed by atoms with van der Waals surface area (Å²) in [5, 5.41) is 13.5. The number of methoxy groups -OCH3 is 1. The van der Waals surface area contributed by atoms with E-state index < -0.39 is 18.1 Å². The molecular formula is C26H42N2O4. The molecule has 2 amide bonds. The Hall–Kier alpha value is -1.92. The molecule has 1 fully saturated rings. The number of nitrogens with one attached hydrogen (secondary N) is 1. The van der Waals surface area contributed by atoms with Crippen LogP contribution in [0.3, 0.4) is 0 Å². The van der Waals surface area contributed by atoms with E-state index in [1.54, 1.807) is 14.0 Å². The Bertz CT molecular complexity index is 711. The summed E-state index contributed by atoms with van der Waals surface area (Å²) < 4.78 is 5.77. The van der Waals surface area contributed by atoms with Crippen LogP contribution in [-0.2, 0) is 14.3 Å². The van der Waals surface area contributed by atoms with Gasteiger partial charge in [0.25, 0.3) is 0 Å². The van der Waals surface area contributed by atoms with Crippen molar-refractivity contribution < 1.29 is 19.4 Å². The van der Waals surface area contributed by atoms with Crippen molar-refractivity contribution in [3.05, 3.63) is 35.9 Å². The zero-order valence-corrected chi connectivity index (χ0v) is 20.4. The van der Waals surface area contributed by atoms with E-state index in [2.05, 4.69) is 19.2 Å². The Balaban J connectivity index is 1.96. The molecule has 0 bridgehead atoms. The molecule has 0 radical (unpaired) electrons. The van der Waals surface area contributed by atoms with Gasteiger partial charge in [-0.1, -0.05) is 63.9 Å². The number of likely N-dealkylation sites (tertiary alicyclic amines) is 1. The van der Waals surface area contributed by atoms with Crippen molar-refractivity contribution in [1.29, 1.82) is 0 Å². The number of benzene rings is 1. The minimum absolute atomic E-state index is 0.0915. The lowest BCUT2D eigenvalue weighted by Gasteiger charge is -2.34. The van der Waals surface area contributed by atoms with E-state index in [4.69, 9.17) is 4.74 Å². The van der Waals surface area contributed by atoms with Crippen LogP contribution in [0, 0.1) is 11.8 Å². The normalized spacial score (nSPS) is 20.9. The standard InChI is InChI=1S/C26H42N2O4/c1-6-18(2)12-10-16-23(29)28-17-11-15-22(28)25(32-5)19(3)26(31)27-20(4)24(30)21-13-8-7-9-14-21/h7-9,13-14,18-20,22,24-25,30H,6,10-12,15-17H2,1-5H3,(H,27,31)/t18?,19-,20-,22+,24?,25-/m1/s1. The molecule has 2 rings (SSSR count). The first kappa shape index (κ1) is 26.3. The molecule has 6 atom stereocenters. The van der Waals surface area contributed by atoms with Crippen molar-refractivity contribution in [3.63, 3.8) is 0 Å². The monoisotopic (exact) mass is 446 g/mol. The summed E-state index contributed by atoms with van der Waals surface area (Å²) in [5.74, 6) is 0.193. The Morgan fingerprint density at radius 1 is 1.22 bits per heavy atom. The highest BCUT2D eigenvalue weighted by Gasteiger charge is 2.39. The molecule has 0 aliphatic carbocycles. The van der Waals surface area contributed by atoms with Gasteiger partial charge in [0.1, 0.15) is 0 Å². The van der Waals surface area contributed by atoms with Crippen LogP contribution >= 0.6 is 0 Å². The predicted molar refractivity (Wildman–Crippen MR) is 127 cm³/mol.